The number of β-lactam (4-membered cyclic amide) rings is 1. The molecular formula is C13H15NO5. The van der Waals surface area contributed by atoms with E-state index in [9.17, 15) is 9.59 Å². The Hall–Kier alpha value is -2.24. The number of nitrogens with zero attached hydrogens (tertiary/aromatic N) is 1. The van der Waals surface area contributed by atoms with E-state index in [4.69, 9.17) is 14.6 Å². The molecule has 1 saturated heterocycles. The van der Waals surface area contributed by atoms with Crippen molar-refractivity contribution in [2.75, 3.05) is 26.8 Å². The highest BCUT2D eigenvalue weighted by molar-refractivity contribution is 6.01. The van der Waals surface area contributed by atoms with Crippen LogP contribution in [-0.4, -0.2) is 48.7 Å². The lowest BCUT2D eigenvalue weighted by Crippen LogP contribution is -2.56. The second-order valence-corrected chi connectivity index (χ2v) is 4.20. The molecule has 1 aliphatic heterocycles. The number of carboxylic acid groups (broad SMARTS) is 1. The monoisotopic (exact) mass is 265 g/mol. The first-order valence-electron chi connectivity index (χ1n) is 5.90. The van der Waals surface area contributed by atoms with E-state index >= 15 is 0 Å². The Morgan fingerprint density at radius 3 is 2.53 bits per heavy atom. The summed E-state index contributed by atoms with van der Waals surface area (Å²) in [5.74, 6) is -0.845. The highest BCUT2D eigenvalue weighted by Gasteiger charge is 2.41. The van der Waals surface area contributed by atoms with Gasteiger partial charge in [0.1, 0.15) is 18.1 Å². The summed E-state index contributed by atoms with van der Waals surface area (Å²) in [6, 6.07) is 7.11. The minimum absolute atomic E-state index is 0.264. The number of rotatable bonds is 6. The van der Waals surface area contributed by atoms with Gasteiger partial charge < -0.3 is 19.5 Å². The summed E-state index contributed by atoms with van der Waals surface area (Å²) < 4.78 is 10.5. The predicted molar refractivity (Wildman–Crippen MR) is 66.2 cm³/mol. The zero-order valence-electron chi connectivity index (χ0n) is 10.5. The summed E-state index contributed by atoms with van der Waals surface area (Å²) in [4.78, 5) is 23.5. The van der Waals surface area contributed by atoms with Crippen molar-refractivity contribution < 1.29 is 24.2 Å². The molecule has 2 rings (SSSR count). The number of carbonyl (C=O) groups excluding carboxylic acids is 1. The molecule has 0 spiro atoms. The molecule has 0 aliphatic carbocycles. The van der Waals surface area contributed by atoms with Gasteiger partial charge in [-0.05, 0) is 24.3 Å². The molecule has 1 aromatic carbocycles. The van der Waals surface area contributed by atoms with Gasteiger partial charge >= 0.3 is 5.97 Å². The van der Waals surface area contributed by atoms with Crippen molar-refractivity contribution >= 4 is 11.9 Å². The van der Waals surface area contributed by atoms with Gasteiger partial charge in [-0.15, -0.1) is 0 Å². The van der Waals surface area contributed by atoms with Crippen LogP contribution in [0.2, 0.25) is 0 Å². The molecule has 1 aliphatic rings. The number of likely N-dealkylation sites (tertiary alicyclic amines) is 1. The van der Waals surface area contributed by atoms with E-state index in [-0.39, 0.29) is 12.5 Å². The number of aliphatic carboxylic acids is 1. The smallest absolute Gasteiger partial charge is 0.317 e. The lowest BCUT2D eigenvalue weighted by Gasteiger charge is -2.35. The standard InChI is InChI=1S/C13H15NO5/c1-18-9-2-4-10(5-3-9)19-7-6-14-8-11(12(14)15)13(16)17/h2-5,11H,6-8H2,1H3,(H,16,17). The maximum Gasteiger partial charge on any atom is 0.317 e. The van der Waals surface area contributed by atoms with Gasteiger partial charge in [0.05, 0.1) is 13.7 Å². The minimum Gasteiger partial charge on any atom is -0.497 e. The molecular weight excluding hydrogens is 250 g/mol. The number of hydrogen-bond acceptors (Lipinski definition) is 4. The fourth-order valence-corrected chi connectivity index (χ4v) is 1.83. The molecule has 1 fully saturated rings. The highest BCUT2D eigenvalue weighted by atomic mass is 16.5. The van der Waals surface area contributed by atoms with E-state index in [1.807, 2.05) is 0 Å². The number of methoxy groups -OCH3 is 1. The van der Waals surface area contributed by atoms with E-state index in [0.29, 0.717) is 18.9 Å². The zero-order chi connectivity index (χ0) is 13.8. The second kappa shape index (κ2) is 5.60. The number of ether oxygens (including phenoxy) is 2. The first kappa shape index (κ1) is 13.2. The van der Waals surface area contributed by atoms with Gasteiger partial charge in [-0.25, -0.2) is 0 Å². The van der Waals surface area contributed by atoms with Gasteiger partial charge in [0, 0.05) is 6.54 Å². The summed E-state index contributed by atoms with van der Waals surface area (Å²) in [6.07, 6.45) is 0. The molecule has 6 nitrogen and oxygen atoms in total. The highest BCUT2D eigenvalue weighted by Crippen LogP contribution is 2.19. The molecule has 1 N–H and O–H groups in total. The lowest BCUT2D eigenvalue weighted by molar-refractivity contribution is -0.162. The average molecular weight is 265 g/mol. The predicted octanol–water partition coefficient (Wildman–Crippen LogP) is 0.617. The van der Waals surface area contributed by atoms with Crippen molar-refractivity contribution in [1.29, 1.82) is 0 Å². The van der Waals surface area contributed by atoms with Gasteiger partial charge in [-0.2, -0.15) is 0 Å². The Kier molecular flexibility index (Phi) is 3.89. The van der Waals surface area contributed by atoms with Crippen molar-refractivity contribution in [3.63, 3.8) is 0 Å². The van der Waals surface area contributed by atoms with Crippen LogP contribution in [0.1, 0.15) is 0 Å². The molecule has 1 atom stereocenters. The second-order valence-electron chi connectivity index (χ2n) is 4.20. The molecule has 1 aromatic rings. The van der Waals surface area contributed by atoms with Gasteiger partial charge in [0.2, 0.25) is 5.91 Å². The van der Waals surface area contributed by atoms with E-state index in [0.717, 1.165) is 5.75 Å². The maximum atomic E-state index is 11.4. The molecule has 1 heterocycles. The third kappa shape index (κ3) is 2.96. The summed E-state index contributed by atoms with van der Waals surface area (Å²) in [7, 11) is 1.59. The Labute approximate surface area is 110 Å². The number of carbonyl (C=O) groups is 2. The first-order valence-corrected chi connectivity index (χ1v) is 5.90. The SMILES string of the molecule is COc1ccc(OCCN2CC(C(=O)O)C2=O)cc1. The Morgan fingerprint density at radius 2 is 2.00 bits per heavy atom. The summed E-state index contributed by atoms with van der Waals surface area (Å²) in [5, 5.41) is 8.68. The van der Waals surface area contributed by atoms with Gasteiger partial charge in [0.15, 0.2) is 5.92 Å². The van der Waals surface area contributed by atoms with Crippen LogP contribution in [0, 0.1) is 5.92 Å². The lowest BCUT2D eigenvalue weighted by atomic mass is 9.99. The van der Waals surface area contributed by atoms with Gasteiger partial charge in [-0.3, -0.25) is 9.59 Å². The van der Waals surface area contributed by atoms with Crippen LogP contribution >= 0.6 is 0 Å². The maximum absolute atomic E-state index is 11.4. The van der Waals surface area contributed by atoms with Gasteiger partial charge in [0.25, 0.3) is 0 Å². The number of carboxylic acids is 1. The Balaban J connectivity index is 1.72. The summed E-state index contributed by atoms with van der Waals surface area (Å²) >= 11 is 0. The van der Waals surface area contributed by atoms with E-state index in [1.54, 1.807) is 31.4 Å². The molecule has 19 heavy (non-hydrogen) atoms. The Bertz CT molecular complexity index is 470. The molecule has 1 unspecified atom stereocenters. The first-order chi connectivity index (χ1) is 9.11. The zero-order valence-corrected chi connectivity index (χ0v) is 10.5. The molecule has 1 amide bonds. The summed E-state index contributed by atoms with van der Waals surface area (Å²) in [6.45, 7) is 0.999. The fraction of sp³-hybridized carbons (Fsp3) is 0.385. The van der Waals surface area contributed by atoms with Gasteiger partial charge in [-0.1, -0.05) is 0 Å². The normalized spacial score (nSPS) is 17.8. The van der Waals surface area contributed by atoms with Crippen LogP contribution in [0.3, 0.4) is 0 Å². The van der Waals surface area contributed by atoms with Crippen LogP contribution in [0.4, 0.5) is 0 Å². The van der Waals surface area contributed by atoms with Crippen molar-refractivity contribution in [3.05, 3.63) is 24.3 Å². The molecule has 0 radical (unpaired) electrons. The average Bonchev–Trinajstić information content (AvgIpc) is 2.41. The van der Waals surface area contributed by atoms with Crippen LogP contribution in [-0.2, 0) is 9.59 Å². The van der Waals surface area contributed by atoms with E-state index < -0.39 is 11.9 Å². The topological polar surface area (TPSA) is 76.1 Å². The number of hydrogen-bond donors (Lipinski definition) is 1. The molecule has 6 heteroatoms. The van der Waals surface area contributed by atoms with Crippen molar-refractivity contribution in [2.24, 2.45) is 5.92 Å². The van der Waals surface area contributed by atoms with E-state index in [2.05, 4.69) is 0 Å². The third-order valence-corrected chi connectivity index (χ3v) is 3.00. The van der Waals surface area contributed by atoms with Crippen LogP contribution < -0.4 is 9.47 Å². The third-order valence-electron chi connectivity index (χ3n) is 3.00. The molecule has 0 saturated carbocycles. The minimum atomic E-state index is -1.06. The fourth-order valence-electron chi connectivity index (χ4n) is 1.83. The van der Waals surface area contributed by atoms with Crippen molar-refractivity contribution in [3.8, 4) is 11.5 Å². The van der Waals surface area contributed by atoms with Crippen molar-refractivity contribution in [1.82, 2.24) is 4.90 Å². The Morgan fingerprint density at radius 1 is 1.37 bits per heavy atom. The largest absolute Gasteiger partial charge is 0.497 e. The van der Waals surface area contributed by atoms with Crippen molar-refractivity contribution in [2.45, 2.75) is 0 Å². The number of benzene rings is 1. The number of amides is 1. The van der Waals surface area contributed by atoms with E-state index in [1.165, 1.54) is 4.90 Å². The molecule has 0 bridgehead atoms. The van der Waals surface area contributed by atoms with Crippen LogP contribution in [0.5, 0.6) is 11.5 Å². The van der Waals surface area contributed by atoms with Crippen LogP contribution in [0.25, 0.3) is 0 Å². The summed E-state index contributed by atoms with van der Waals surface area (Å²) in [5.41, 5.74) is 0. The molecule has 102 valence electrons. The quantitative estimate of drug-likeness (QED) is 0.602. The molecule has 0 aromatic heterocycles. The van der Waals surface area contributed by atoms with Crippen LogP contribution in [0.15, 0.2) is 24.3 Å².